The van der Waals surface area contributed by atoms with Gasteiger partial charge in [0.2, 0.25) is 0 Å². The number of benzene rings is 7. The molecule has 14 rings (SSSR count). The van der Waals surface area contributed by atoms with E-state index in [2.05, 4.69) is 196 Å². The van der Waals surface area contributed by atoms with Crippen LogP contribution >= 0.6 is 11.8 Å². The van der Waals surface area contributed by atoms with Gasteiger partial charge in [-0.1, -0.05) is 167 Å². The summed E-state index contributed by atoms with van der Waals surface area (Å²) in [6, 6.07) is 63.9. The highest BCUT2D eigenvalue weighted by molar-refractivity contribution is 7.99. The zero-order valence-electron chi connectivity index (χ0n) is 37.0. The maximum atomic E-state index is 2.68. The van der Waals surface area contributed by atoms with Crippen molar-refractivity contribution >= 4 is 28.8 Å². The van der Waals surface area contributed by atoms with E-state index in [1.807, 2.05) is 11.8 Å². The highest BCUT2D eigenvalue weighted by atomic mass is 32.2. The van der Waals surface area contributed by atoms with Gasteiger partial charge in [-0.3, -0.25) is 0 Å². The van der Waals surface area contributed by atoms with Crippen LogP contribution < -0.4 is 4.90 Å². The first kappa shape index (κ1) is 37.1. The molecule has 2 spiro atoms. The summed E-state index contributed by atoms with van der Waals surface area (Å²) in [6.45, 7) is 9.86. The van der Waals surface area contributed by atoms with Crippen LogP contribution in [0.2, 0.25) is 0 Å². The lowest BCUT2D eigenvalue weighted by Gasteiger charge is -2.78. The second-order valence-electron chi connectivity index (χ2n) is 21.9. The first-order chi connectivity index (χ1) is 30.7. The van der Waals surface area contributed by atoms with Gasteiger partial charge in [0.15, 0.2) is 0 Å². The SMILES string of the molecule is CC1(C)CCC(C)(C)c2cc(N(c3cccc(C4(c5ccccc5)c5ccccc5-c5ccccc54)c3)c3cccc4c3Sc3ccccc3C43C4CC5CC6CC3C64C5)ccc21. The smallest absolute Gasteiger partial charge is 0.0714 e. The van der Waals surface area contributed by atoms with E-state index in [9.17, 15) is 0 Å². The molecule has 0 N–H and O–H groups in total. The Labute approximate surface area is 378 Å². The molecule has 0 amide bonds. The van der Waals surface area contributed by atoms with Gasteiger partial charge in [0, 0.05) is 26.6 Å². The Hall–Kier alpha value is -5.31. The monoisotopic (exact) mass is 833 g/mol. The molecular formula is C61H55NS. The highest BCUT2D eigenvalue weighted by Gasteiger charge is 2.84. The molecule has 6 atom stereocenters. The summed E-state index contributed by atoms with van der Waals surface area (Å²) in [5.41, 5.74) is 18.4. The topological polar surface area (TPSA) is 3.24 Å². The molecule has 6 unspecified atom stereocenters. The predicted molar refractivity (Wildman–Crippen MR) is 260 cm³/mol. The van der Waals surface area contributed by atoms with Crippen molar-refractivity contribution in [1.82, 2.24) is 0 Å². The third-order valence-corrected chi connectivity index (χ3v) is 19.7. The van der Waals surface area contributed by atoms with E-state index >= 15 is 0 Å². The molecule has 4 saturated carbocycles. The highest BCUT2D eigenvalue weighted by Crippen LogP contribution is 2.89. The van der Waals surface area contributed by atoms with Crippen LogP contribution in [0.25, 0.3) is 11.1 Å². The minimum atomic E-state index is -0.478. The average molecular weight is 834 g/mol. The molecule has 2 heteroatoms. The minimum absolute atomic E-state index is 0.0830. The third-order valence-electron chi connectivity index (χ3n) is 18.5. The molecule has 1 aliphatic heterocycles. The zero-order chi connectivity index (χ0) is 42.1. The summed E-state index contributed by atoms with van der Waals surface area (Å²) in [4.78, 5) is 5.62. The van der Waals surface area contributed by atoms with Gasteiger partial charge in [-0.2, -0.15) is 0 Å². The van der Waals surface area contributed by atoms with Gasteiger partial charge in [0.1, 0.15) is 0 Å². The Kier molecular flexibility index (Phi) is 7.35. The molecular weight excluding hydrogens is 779 g/mol. The van der Waals surface area contributed by atoms with E-state index in [0.29, 0.717) is 5.41 Å². The van der Waals surface area contributed by atoms with E-state index in [1.165, 1.54) is 110 Å². The van der Waals surface area contributed by atoms with E-state index in [4.69, 9.17) is 0 Å². The van der Waals surface area contributed by atoms with Crippen molar-refractivity contribution in [3.8, 4) is 11.1 Å². The van der Waals surface area contributed by atoms with Crippen molar-refractivity contribution in [2.24, 2.45) is 29.1 Å². The molecule has 7 aromatic rings. The van der Waals surface area contributed by atoms with Crippen molar-refractivity contribution in [3.05, 3.63) is 208 Å². The van der Waals surface area contributed by atoms with Crippen LogP contribution in [0.15, 0.2) is 174 Å². The Bertz CT molecular complexity index is 3020. The largest absolute Gasteiger partial charge is 0.309 e. The average Bonchev–Trinajstić information content (AvgIpc) is 3.95. The summed E-state index contributed by atoms with van der Waals surface area (Å²) in [6.07, 6.45) is 8.17. The number of hydrogen-bond donors (Lipinski definition) is 0. The summed E-state index contributed by atoms with van der Waals surface area (Å²) in [5, 5.41) is 0. The Morgan fingerprint density at radius 1 is 0.492 bits per heavy atom. The van der Waals surface area contributed by atoms with E-state index in [0.717, 1.165) is 23.7 Å². The second-order valence-corrected chi connectivity index (χ2v) is 23.0. The van der Waals surface area contributed by atoms with Gasteiger partial charge >= 0.3 is 0 Å². The molecule has 1 heterocycles. The van der Waals surface area contributed by atoms with E-state index in [-0.39, 0.29) is 16.2 Å². The summed E-state index contributed by atoms with van der Waals surface area (Å²) in [7, 11) is 0. The molecule has 6 aliphatic carbocycles. The fourth-order valence-electron chi connectivity index (χ4n) is 16.0. The fourth-order valence-corrected chi connectivity index (χ4v) is 17.3. The lowest BCUT2D eigenvalue weighted by molar-refractivity contribution is -0.235. The van der Waals surface area contributed by atoms with Crippen molar-refractivity contribution in [2.45, 2.75) is 97.7 Å². The van der Waals surface area contributed by atoms with Crippen LogP contribution in [0.3, 0.4) is 0 Å². The van der Waals surface area contributed by atoms with Crippen LogP contribution in [0, 0.1) is 29.1 Å². The normalized spacial score (nSPS) is 28.4. The van der Waals surface area contributed by atoms with Crippen LogP contribution in [0.4, 0.5) is 17.1 Å². The van der Waals surface area contributed by atoms with Crippen molar-refractivity contribution in [3.63, 3.8) is 0 Å². The summed E-state index contributed by atoms with van der Waals surface area (Å²) < 4.78 is 0. The molecule has 7 aliphatic rings. The van der Waals surface area contributed by atoms with Crippen molar-refractivity contribution < 1.29 is 0 Å². The number of hydrogen-bond acceptors (Lipinski definition) is 2. The minimum Gasteiger partial charge on any atom is -0.309 e. The quantitative estimate of drug-likeness (QED) is 0.170. The molecule has 63 heavy (non-hydrogen) atoms. The van der Waals surface area contributed by atoms with Crippen molar-refractivity contribution in [1.29, 1.82) is 0 Å². The molecule has 4 fully saturated rings. The number of anilines is 3. The molecule has 0 radical (unpaired) electrons. The first-order valence-corrected chi connectivity index (χ1v) is 24.7. The van der Waals surface area contributed by atoms with Crippen LogP contribution in [-0.2, 0) is 21.7 Å². The molecule has 2 bridgehead atoms. The van der Waals surface area contributed by atoms with Crippen molar-refractivity contribution in [2.75, 3.05) is 4.90 Å². The van der Waals surface area contributed by atoms with Gasteiger partial charge in [0.05, 0.1) is 11.1 Å². The maximum absolute atomic E-state index is 2.68. The van der Waals surface area contributed by atoms with Gasteiger partial charge in [-0.15, -0.1) is 0 Å². The second kappa shape index (κ2) is 12.5. The maximum Gasteiger partial charge on any atom is 0.0714 e. The number of rotatable bonds is 5. The Morgan fingerprint density at radius 2 is 1.11 bits per heavy atom. The van der Waals surface area contributed by atoms with Gasteiger partial charge < -0.3 is 4.90 Å². The van der Waals surface area contributed by atoms with E-state index in [1.54, 1.807) is 11.1 Å². The standard InChI is InChI=1S/C61H55NS/c1-57(2)30-31-58(3,4)51-36-43(28-29-48(51)57)62(42-19-14-18-40(34-42)60(39-16-6-5-7-17-39)46-22-10-8-20-44(46)45-21-9-11-23-47(45)60)52-26-15-25-50-56(52)63-53-27-13-12-24-49(53)61(50)54-33-38-32-41-35-55(61)59(41,54)37-38/h5-29,34,36,38,41,54-55H,30-33,35,37H2,1-4H3. The lowest BCUT2D eigenvalue weighted by atomic mass is 9.26. The Morgan fingerprint density at radius 3 is 1.87 bits per heavy atom. The number of nitrogens with zero attached hydrogens (tertiary/aromatic N) is 1. The fraction of sp³-hybridized carbons (Fsp3) is 0.311. The zero-order valence-corrected chi connectivity index (χ0v) is 37.8. The Balaban J connectivity index is 1.03. The molecule has 7 aromatic carbocycles. The van der Waals surface area contributed by atoms with Crippen LogP contribution in [0.1, 0.15) is 111 Å². The molecule has 1 nitrogen and oxygen atoms in total. The summed E-state index contributed by atoms with van der Waals surface area (Å²) in [5.74, 6) is 3.37. The van der Waals surface area contributed by atoms with Crippen LogP contribution in [0.5, 0.6) is 0 Å². The van der Waals surface area contributed by atoms with Gasteiger partial charge in [0.25, 0.3) is 0 Å². The van der Waals surface area contributed by atoms with Gasteiger partial charge in [-0.25, -0.2) is 0 Å². The molecule has 310 valence electrons. The van der Waals surface area contributed by atoms with Crippen LogP contribution in [-0.4, -0.2) is 0 Å². The predicted octanol–water partition coefficient (Wildman–Crippen LogP) is 15.7. The number of fused-ring (bicyclic) bond motifs is 11. The molecule has 0 saturated heterocycles. The van der Waals surface area contributed by atoms with E-state index < -0.39 is 5.41 Å². The molecule has 0 aromatic heterocycles. The lowest BCUT2D eigenvalue weighted by Crippen LogP contribution is -2.74. The first-order valence-electron chi connectivity index (χ1n) is 23.9. The third kappa shape index (κ3) is 4.47. The van der Waals surface area contributed by atoms with Gasteiger partial charge in [-0.05, 0) is 170 Å². The summed E-state index contributed by atoms with van der Waals surface area (Å²) >= 11 is 2.04.